The van der Waals surface area contributed by atoms with Crippen LogP contribution in [0, 0.1) is 5.82 Å². The molecule has 0 aliphatic heterocycles. The van der Waals surface area contributed by atoms with Gasteiger partial charge in [-0.05, 0) is 45.4 Å². The highest BCUT2D eigenvalue weighted by molar-refractivity contribution is 7.90. The number of aromatic nitrogens is 2. The second-order valence-electron chi connectivity index (χ2n) is 7.58. The van der Waals surface area contributed by atoms with E-state index in [1.54, 1.807) is 20.8 Å². The summed E-state index contributed by atoms with van der Waals surface area (Å²) in [6, 6.07) is 3.20. The number of sulfone groups is 1. The summed E-state index contributed by atoms with van der Waals surface area (Å²) in [5.74, 6) is -3.39. The van der Waals surface area contributed by atoms with Crippen LogP contribution in [0.25, 0.3) is 0 Å². The van der Waals surface area contributed by atoms with Gasteiger partial charge < -0.3 is 14.6 Å². The van der Waals surface area contributed by atoms with Gasteiger partial charge in [-0.3, -0.25) is 4.79 Å². The van der Waals surface area contributed by atoms with Crippen LogP contribution in [0.4, 0.5) is 4.39 Å². The second kappa shape index (κ2) is 9.82. The highest BCUT2D eigenvalue weighted by Crippen LogP contribution is 2.23. The predicted molar refractivity (Wildman–Crippen MR) is 107 cm³/mol. The van der Waals surface area contributed by atoms with E-state index in [1.807, 2.05) is 0 Å². The summed E-state index contributed by atoms with van der Waals surface area (Å²) >= 11 is 0. The fourth-order valence-corrected chi connectivity index (χ4v) is 3.59. The molecule has 1 aromatic heterocycles. The number of rotatable bonds is 9. The molecular weight excluding hydrogens is 431 g/mol. The van der Waals surface area contributed by atoms with Crippen molar-refractivity contribution in [1.29, 1.82) is 0 Å². The lowest BCUT2D eigenvalue weighted by atomic mass is 10.2. The number of carboxylic acid groups (broad SMARTS) is 1. The van der Waals surface area contributed by atoms with Gasteiger partial charge in [0.25, 0.3) is 0 Å². The number of carbonyl (C=O) groups excluding carboxylic acids is 1. The van der Waals surface area contributed by atoms with Crippen molar-refractivity contribution in [2.45, 2.75) is 49.9 Å². The van der Waals surface area contributed by atoms with E-state index in [9.17, 15) is 22.4 Å². The SMILES string of the molecule is CC(C)(C)OC(=O)CCCOc1ccc(S(=O)(=O)Cc2ncc(C(=O)O)cn2)cc1F. The van der Waals surface area contributed by atoms with Gasteiger partial charge >= 0.3 is 11.9 Å². The van der Waals surface area contributed by atoms with Crippen LogP contribution in [0.1, 0.15) is 49.8 Å². The number of benzene rings is 1. The molecule has 11 heteroatoms. The molecule has 0 aliphatic rings. The molecule has 0 saturated heterocycles. The Bertz CT molecular complexity index is 1050. The Hall–Kier alpha value is -3.08. The van der Waals surface area contributed by atoms with Gasteiger partial charge in [0.2, 0.25) is 0 Å². The molecule has 9 nitrogen and oxygen atoms in total. The van der Waals surface area contributed by atoms with Gasteiger partial charge in [-0.2, -0.15) is 0 Å². The van der Waals surface area contributed by atoms with Crippen LogP contribution < -0.4 is 4.74 Å². The van der Waals surface area contributed by atoms with Crippen molar-refractivity contribution in [3.8, 4) is 5.75 Å². The summed E-state index contributed by atoms with van der Waals surface area (Å²) in [6.45, 7) is 5.31. The van der Waals surface area contributed by atoms with Crippen molar-refractivity contribution in [2.24, 2.45) is 0 Å². The minimum atomic E-state index is -3.97. The van der Waals surface area contributed by atoms with Crippen molar-refractivity contribution in [2.75, 3.05) is 6.61 Å². The Kier molecular flexibility index (Phi) is 7.66. The Labute approximate surface area is 179 Å². The van der Waals surface area contributed by atoms with Crippen molar-refractivity contribution in [1.82, 2.24) is 9.97 Å². The molecule has 0 radical (unpaired) electrons. The molecule has 0 unspecified atom stereocenters. The van der Waals surface area contributed by atoms with Crippen molar-refractivity contribution in [3.05, 3.63) is 47.8 Å². The van der Waals surface area contributed by atoms with E-state index in [1.165, 1.54) is 12.1 Å². The Balaban J connectivity index is 1.96. The highest BCUT2D eigenvalue weighted by atomic mass is 32.2. The number of hydrogen-bond donors (Lipinski definition) is 1. The lowest BCUT2D eigenvalue weighted by Gasteiger charge is -2.19. The molecule has 1 N–H and O–H groups in total. The maximum Gasteiger partial charge on any atom is 0.338 e. The third-order valence-corrected chi connectivity index (χ3v) is 5.35. The summed E-state index contributed by atoms with van der Waals surface area (Å²) in [5, 5.41) is 8.82. The van der Waals surface area contributed by atoms with E-state index in [0.29, 0.717) is 6.42 Å². The monoisotopic (exact) mass is 454 g/mol. The summed E-state index contributed by atoms with van der Waals surface area (Å²) in [6.07, 6.45) is 2.40. The second-order valence-corrected chi connectivity index (χ2v) is 9.57. The Morgan fingerprint density at radius 1 is 1.16 bits per heavy atom. The zero-order valence-corrected chi connectivity index (χ0v) is 18.1. The van der Waals surface area contributed by atoms with Crippen LogP contribution in [0.2, 0.25) is 0 Å². The zero-order chi connectivity index (χ0) is 23.2. The van der Waals surface area contributed by atoms with Gasteiger partial charge in [0.15, 0.2) is 21.4 Å². The first-order valence-electron chi connectivity index (χ1n) is 9.28. The molecule has 1 aromatic carbocycles. The number of esters is 1. The topological polar surface area (TPSA) is 133 Å². The minimum absolute atomic E-state index is 0.0476. The van der Waals surface area contributed by atoms with Crippen molar-refractivity contribution < 1.29 is 37.0 Å². The molecule has 0 saturated carbocycles. The number of carbonyl (C=O) groups is 2. The Morgan fingerprint density at radius 3 is 2.35 bits per heavy atom. The fourth-order valence-electron chi connectivity index (χ4n) is 2.38. The zero-order valence-electron chi connectivity index (χ0n) is 17.3. The molecule has 0 amide bonds. The first-order chi connectivity index (χ1) is 14.4. The molecule has 0 spiro atoms. The number of aromatic carboxylic acids is 1. The maximum atomic E-state index is 14.3. The maximum absolute atomic E-state index is 14.3. The van der Waals surface area contributed by atoms with Crippen LogP contribution in [0.3, 0.4) is 0 Å². The smallest absolute Gasteiger partial charge is 0.338 e. The molecular formula is C20H23FN2O7S. The largest absolute Gasteiger partial charge is 0.491 e. The number of hydrogen-bond acceptors (Lipinski definition) is 8. The van der Waals surface area contributed by atoms with Gasteiger partial charge in [-0.25, -0.2) is 27.6 Å². The van der Waals surface area contributed by atoms with E-state index >= 15 is 0 Å². The molecule has 0 fully saturated rings. The molecule has 2 aromatic rings. The van der Waals surface area contributed by atoms with E-state index in [-0.39, 0.29) is 35.1 Å². The van der Waals surface area contributed by atoms with E-state index in [2.05, 4.69) is 9.97 Å². The third-order valence-electron chi connectivity index (χ3n) is 3.74. The van der Waals surface area contributed by atoms with E-state index in [0.717, 1.165) is 18.5 Å². The van der Waals surface area contributed by atoms with Crippen molar-refractivity contribution >= 4 is 21.8 Å². The predicted octanol–water partition coefficient (Wildman–Crippen LogP) is 2.79. The summed E-state index contributed by atoms with van der Waals surface area (Å²) in [5.41, 5.74) is -0.769. The minimum Gasteiger partial charge on any atom is -0.491 e. The lowest BCUT2D eigenvalue weighted by Crippen LogP contribution is -2.24. The Morgan fingerprint density at radius 2 is 1.81 bits per heavy atom. The molecule has 0 bridgehead atoms. The first kappa shape index (κ1) is 24.2. The number of halogens is 1. The number of nitrogens with zero attached hydrogens (tertiary/aromatic N) is 2. The standard InChI is InChI=1S/C20H23FN2O7S/c1-20(2,3)30-18(24)5-4-8-29-16-7-6-14(9-15(16)21)31(27,28)12-17-22-10-13(11-23-17)19(25)26/h6-7,9-11H,4-5,8,12H2,1-3H3,(H,25,26). The molecule has 1 heterocycles. The highest BCUT2D eigenvalue weighted by Gasteiger charge is 2.20. The van der Waals surface area contributed by atoms with Gasteiger partial charge in [0.05, 0.1) is 17.1 Å². The van der Waals surface area contributed by atoms with Crippen LogP contribution in [0.15, 0.2) is 35.5 Å². The molecule has 0 atom stereocenters. The summed E-state index contributed by atoms with van der Waals surface area (Å²) in [7, 11) is -3.97. The average Bonchev–Trinajstić information content (AvgIpc) is 2.65. The van der Waals surface area contributed by atoms with Crippen LogP contribution in [-0.2, 0) is 25.1 Å². The number of ether oxygens (including phenoxy) is 2. The van der Waals surface area contributed by atoms with Gasteiger partial charge in [-0.1, -0.05) is 0 Å². The fraction of sp³-hybridized carbons (Fsp3) is 0.400. The van der Waals surface area contributed by atoms with Crippen LogP contribution in [0.5, 0.6) is 5.75 Å². The van der Waals surface area contributed by atoms with E-state index in [4.69, 9.17) is 14.6 Å². The lowest BCUT2D eigenvalue weighted by molar-refractivity contribution is -0.155. The molecule has 0 aliphatic carbocycles. The summed E-state index contributed by atoms with van der Waals surface area (Å²) < 4.78 is 49.7. The van der Waals surface area contributed by atoms with Crippen LogP contribution in [-0.4, -0.2) is 47.6 Å². The molecule has 168 valence electrons. The van der Waals surface area contributed by atoms with E-state index < -0.39 is 38.9 Å². The summed E-state index contributed by atoms with van der Waals surface area (Å²) in [4.78, 5) is 29.6. The molecule has 31 heavy (non-hydrogen) atoms. The molecule has 2 rings (SSSR count). The number of carboxylic acids is 1. The average molecular weight is 454 g/mol. The first-order valence-corrected chi connectivity index (χ1v) is 10.9. The van der Waals surface area contributed by atoms with Gasteiger partial charge in [0, 0.05) is 18.8 Å². The third kappa shape index (κ3) is 7.59. The van der Waals surface area contributed by atoms with Crippen LogP contribution >= 0.6 is 0 Å². The van der Waals surface area contributed by atoms with Gasteiger partial charge in [0.1, 0.15) is 17.2 Å². The van der Waals surface area contributed by atoms with Gasteiger partial charge in [-0.15, -0.1) is 0 Å². The quantitative estimate of drug-likeness (QED) is 0.448. The normalized spacial score (nSPS) is 11.7. The van der Waals surface area contributed by atoms with Crippen molar-refractivity contribution in [3.63, 3.8) is 0 Å².